The lowest BCUT2D eigenvalue weighted by atomic mass is 9.64. The zero-order valence-electron chi connectivity index (χ0n) is 18.6. The second-order valence-electron chi connectivity index (χ2n) is 8.22. The summed E-state index contributed by atoms with van der Waals surface area (Å²) >= 11 is 0. The monoisotopic (exact) mass is 461 g/mol. The molecule has 11 nitrogen and oxygen atoms in total. The van der Waals surface area contributed by atoms with E-state index in [0.717, 1.165) is 11.1 Å². The van der Waals surface area contributed by atoms with E-state index in [2.05, 4.69) is 5.32 Å². The normalized spacial score (nSPS) is 20.2. The van der Waals surface area contributed by atoms with Crippen molar-refractivity contribution in [2.24, 2.45) is 0 Å². The summed E-state index contributed by atoms with van der Waals surface area (Å²) in [6.45, 7) is 3.13. The van der Waals surface area contributed by atoms with Gasteiger partial charge in [0.2, 0.25) is 0 Å². The molecule has 1 aromatic carbocycles. The molecule has 0 aromatic heterocycles. The number of carbonyl (C=O) groups is 4. The number of para-hydroxylation sites is 1. The summed E-state index contributed by atoms with van der Waals surface area (Å²) in [6.07, 6.45) is -1.56. The van der Waals surface area contributed by atoms with Gasteiger partial charge in [-0.1, -0.05) is 18.2 Å². The van der Waals surface area contributed by atoms with Crippen molar-refractivity contribution in [2.75, 3.05) is 26.2 Å². The van der Waals surface area contributed by atoms with Gasteiger partial charge in [-0.2, -0.15) is 0 Å². The summed E-state index contributed by atoms with van der Waals surface area (Å²) in [5.41, 5.74) is 1.67. The first-order valence-electron chi connectivity index (χ1n) is 10.8. The summed E-state index contributed by atoms with van der Waals surface area (Å²) in [7, 11) is -1.27. The van der Waals surface area contributed by atoms with E-state index >= 15 is 0 Å². The van der Waals surface area contributed by atoms with E-state index in [0.29, 0.717) is 23.6 Å². The fourth-order valence-electron chi connectivity index (χ4n) is 4.08. The second-order valence-corrected chi connectivity index (χ2v) is 8.22. The number of hydrogen-bond donors (Lipinski definition) is 4. The molecule has 33 heavy (non-hydrogen) atoms. The van der Waals surface area contributed by atoms with Crippen LogP contribution in [0, 0.1) is 6.92 Å². The van der Waals surface area contributed by atoms with E-state index < -0.39 is 55.3 Å². The standard InChI is InChI=1S/C21H28BN3O8/c1-3-24-7-8-25(20(30)19(24)29)21(31)23-17(16(28)11-26)15(27)10-14-9-13-6-4-5-12(2)18(13)33-22(14)32/h4-6,14,16-17,26,28,32H,3,7-11H2,1-2H3,(H,23,31)/t14-,16-,17+/m1/s1. The van der Waals surface area contributed by atoms with E-state index in [4.69, 9.17) is 4.65 Å². The number of Topliss-reactive ketones (excluding diaryl/α,β-unsaturated/α-hetero) is 1. The Kier molecular flexibility index (Phi) is 7.72. The third kappa shape index (κ3) is 5.18. The van der Waals surface area contributed by atoms with Crippen molar-refractivity contribution in [3.63, 3.8) is 0 Å². The molecular weight excluding hydrogens is 433 g/mol. The summed E-state index contributed by atoms with van der Waals surface area (Å²) in [6, 6.07) is 2.94. The number of aryl methyl sites for hydroxylation is 1. The number of fused-ring (bicyclic) bond motifs is 1. The van der Waals surface area contributed by atoms with Crippen molar-refractivity contribution in [1.82, 2.24) is 15.1 Å². The van der Waals surface area contributed by atoms with Crippen LogP contribution in [0.1, 0.15) is 24.5 Å². The molecule has 2 heterocycles. The van der Waals surface area contributed by atoms with Crippen LogP contribution in [0.4, 0.5) is 4.79 Å². The van der Waals surface area contributed by atoms with E-state index in [9.17, 15) is 34.4 Å². The first-order chi connectivity index (χ1) is 15.7. The predicted molar refractivity (Wildman–Crippen MR) is 116 cm³/mol. The highest BCUT2D eigenvalue weighted by Gasteiger charge is 2.41. The van der Waals surface area contributed by atoms with Gasteiger partial charge in [-0.05, 0) is 31.4 Å². The number of hydrogen-bond acceptors (Lipinski definition) is 8. The van der Waals surface area contributed by atoms with Gasteiger partial charge in [-0.15, -0.1) is 0 Å². The molecule has 0 saturated carbocycles. The molecular formula is C21H28BN3O8. The van der Waals surface area contributed by atoms with Crippen molar-refractivity contribution >= 4 is 30.7 Å². The molecule has 1 saturated heterocycles. The largest absolute Gasteiger partial charge is 0.536 e. The molecule has 1 aromatic rings. The number of carbonyl (C=O) groups excluding carboxylic acids is 4. The number of benzene rings is 1. The molecule has 178 valence electrons. The maximum Gasteiger partial charge on any atom is 0.526 e. The van der Waals surface area contributed by atoms with Crippen molar-refractivity contribution in [3.05, 3.63) is 29.3 Å². The van der Waals surface area contributed by atoms with E-state index in [1.165, 1.54) is 4.90 Å². The minimum atomic E-state index is -1.64. The third-order valence-electron chi connectivity index (χ3n) is 6.01. The number of amides is 4. The van der Waals surface area contributed by atoms with E-state index in [1.54, 1.807) is 6.92 Å². The molecule has 0 radical (unpaired) electrons. The fourth-order valence-corrected chi connectivity index (χ4v) is 4.08. The lowest BCUT2D eigenvalue weighted by molar-refractivity contribution is -0.153. The van der Waals surface area contributed by atoms with Gasteiger partial charge >= 0.3 is 25.0 Å². The van der Waals surface area contributed by atoms with Crippen LogP contribution in [-0.4, -0.2) is 94.2 Å². The molecule has 3 rings (SSSR count). The Bertz CT molecular complexity index is 942. The molecule has 0 spiro atoms. The maximum atomic E-state index is 13.0. The Morgan fingerprint density at radius 3 is 2.67 bits per heavy atom. The summed E-state index contributed by atoms with van der Waals surface area (Å²) in [5.74, 6) is -2.61. The SMILES string of the molecule is CCN1CCN(C(=O)N[C@@H](C(=O)C[C@H]2Cc3cccc(C)c3OB2O)[C@H](O)CO)C(=O)C1=O. The van der Waals surface area contributed by atoms with Gasteiger partial charge in [0.15, 0.2) is 5.78 Å². The quantitative estimate of drug-likeness (QED) is 0.293. The number of nitrogens with zero attached hydrogens (tertiary/aromatic N) is 2. The minimum absolute atomic E-state index is 0.0638. The molecule has 12 heteroatoms. The Hall–Kier alpha value is -2.96. The second kappa shape index (κ2) is 10.3. The average molecular weight is 461 g/mol. The Morgan fingerprint density at radius 1 is 1.27 bits per heavy atom. The van der Waals surface area contributed by atoms with Gasteiger partial charge in [-0.3, -0.25) is 19.3 Å². The minimum Gasteiger partial charge on any atom is -0.536 e. The van der Waals surface area contributed by atoms with Gasteiger partial charge in [0.25, 0.3) is 0 Å². The molecule has 0 unspecified atom stereocenters. The number of urea groups is 1. The first kappa shape index (κ1) is 24.7. The maximum absolute atomic E-state index is 13.0. The van der Waals surface area contributed by atoms with Crippen LogP contribution in [0.15, 0.2) is 18.2 Å². The van der Waals surface area contributed by atoms with Gasteiger partial charge < -0.3 is 30.1 Å². The number of aliphatic hydroxyl groups excluding tert-OH is 2. The van der Waals surface area contributed by atoms with E-state index in [-0.39, 0.29) is 19.5 Å². The van der Waals surface area contributed by atoms with Gasteiger partial charge in [-0.25, -0.2) is 4.79 Å². The lowest BCUT2D eigenvalue weighted by Gasteiger charge is -2.33. The van der Waals surface area contributed by atoms with Crippen LogP contribution in [0.25, 0.3) is 0 Å². The highest BCUT2D eigenvalue weighted by Crippen LogP contribution is 2.36. The number of likely N-dealkylation sites (N-methyl/N-ethyl adjacent to an activating group) is 1. The van der Waals surface area contributed by atoms with Crippen molar-refractivity contribution in [3.8, 4) is 5.75 Å². The van der Waals surface area contributed by atoms with Crippen LogP contribution >= 0.6 is 0 Å². The highest BCUT2D eigenvalue weighted by molar-refractivity contribution is 6.46. The summed E-state index contributed by atoms with van der Waals surface area (Å²) in [4.78, 5) is 51.9. The van der Waals surface area contributed by atoms with Crippen LogP contribution in [0.2, 0.25) is 5.82 Å². The van der Waals surface area contributed by atoms with Crippen LogP contribution < -0.4 is 9.97 Å². The summed E-state index contributed by atoms with van der Waals surface area (Å²) < 4.78 is 5.57. The smallest absolute Gasteiger partial charge is 0.526 e. The van der Waals surface area contributed by atoms with Gasteiger partial charge in [0, 0.05) is 31.9 Å². The number of nitrogens with one attached hydrogen (secondary N) is 1. The number of ketones is 1. The number of rotatable bonds is 7. The lowest BCUT2D eigenvalue weighted by Crippen LogP contribution is -2.61. The van der Waals surface area contributed by atoms with E-state index in [1.807, 2.05) is 25.1 Å². The van der Waals surface area contributed by atoms with Crippen molar-refractivity contribution in [1.29, 1.82) is 0 Å². The zero-order valence-corrected chi connectivity index (χ0v) is 18.6. The topological polar surface area (TPSA) is 157 Å². The molecule has 0 bridgehead atoms. The van der Waals surface area contributed by atoms with Crippen LogP contribution in [0.5, 0.6) is 5.75 Å². The molecule has 2 aliphatic rings. The predicted octanol–water partition coefficient (Wildman–Crippen LogP) is -1.14. The molecule has 4 amide bonds. The number of aliphatic hydroxyl groups is 2. The van der Waals surface area contributed by atoms with Gasteiger partial charge in [0.1, 0.15) is 17.9 Å². The first-order valence-corrected chi connectivity index (χ1v) is 10.8. The molecule has 1 fully saturated rings. The van der Waals surface area contributed by atoms with Crippen LogP contribution in [0.3, 0.4) is 0 Å². The van der Waals surface area contributed by atoms with Crippen molar-refractivity contribution < 1.29 is 39.1 Å². The molecule has 4 N–H and O–H groups in total. The average Bonchev–Trinajstić information content (AvgIpc) is 2.79. The Labute approximate surface area is 191 Å². The fraction of sp³-hybridized carbons (Fsp3) is 0.524. The molecule has 2 aliphatic heterocycles. The Morgan fingerprint density at radius 2 is 2.00 bits per heavy atom. The van der Waals surface area contributed by atoms with Gasteiger partial charge in [0.05, 0.1) is 6.61 Å². The van der Waals surface area contributed by atoms with Crippen molar-refractivity contribution in [2.45, 2.75) is 44.7 Å². The summed E-state index contributed by atoms with van der Waals surface area (Å²) in [5, 5.41) is 32.2. The third-order valence-corrected chi connectivity index (χ3v) is 6.01. The zero-order chi connectivity index (χ0) is 24.3. The number of piperazine rings is 1. The molecule has 3 atom stereocenters. The van der Waals surface area contributed by atoms with Crippen LogP contribution in [-0.2, 0) is 20.8 Å². The highest BCUT2D eigenvalue weighted by atomic mass is 16.5. The Balaban J connectivity index is 1.70. The number of imide groups is 1. The molecule has 0 aliphatic carbocycles.